The molecule has 6 heteroatoms. The molecule has 0 aliphatic heterocycles. The van der Waals surface area contributed by atoms with Crippen LogP contribution in [-0.4, -0.2) is 17.2 Å². The Morgan fingerprint density at radius 1 is 1.47 bits per heavy atom. The van der Waals surface area contributed by atoms with Gasteiger partial charge in [0, 0.05) is 12.1 Å². The average molecular weight is 237 g/mol. The van der Waals surface area contributed by atoms with Crippen molar-refractivity contribution in [2.24, 2.45) is 0 Å². The molecular formula is C11H12FN3O2. The fraction of sp³-hybridized carbons (Fsp3) is 0.273. The van der Waals surface area contributed by atoms with E-state index in [-0.39, 0.29) is 12.4 Å². The first-order valence-electron chi connectivity index (χ1n) is 5.10. The molecule has 0 spiro atoms. The molecule has 1 heterocycles. The topological polar surface area (TPSA) is 60.2 Å². The van der Waals surface area contributed by atoms with Gasteiger partial charge < -0.3 is 14.6 Å². The van der Waals surface area contributed by atoms with Crippen LogP contribution in [0.15, 0.2) is 29.1 Å². The summed E-state index contributed by atoms with van der Waals surface area (Å²) >= 11 is 0. The van der Waals surface area contributed by atoms with Gasteiger partial charge in [0.1, 0.15) is 11.6 Å². The van der Waals surface area contributed by atoms with Crippen molar-refractivity contribution >= 4 is 0 Å². The number of hydrogen-bond acceptors (Lipinski definition) is 5. The lowest BCUT2D eigenvalue weighted by molar-refractivity contribution is 0.283. The summed E-state index contributed by atoms with van der Waals surface area (Å²) in [7, 11) is 1.79. The number of aromatic nitrogens is 2. The maximum Gasteiger partial charge on any atom is 0.213 e. The maximum absolute atomic E-state index is 13.1. The molecule has 0 unspecified atom stereocenters. The Kier molecular flexibility index (Phi) is 3.66. The number of nitrogens with one attached hydrogen (secondary N) is 1. The van der Waals surface area contributed by atoms with Crippen LogP contribution in [0, 0.1) is 5.82 Å². The fourth-order valence-electron chi connectivity index (χ4n) is 1.42. The minimum absolute atomic E-state index is 0.193. The molecule has 1 aromatic carbocycles. The Morgan fingerprint density at radius 2 is 2.35 bits per heavy atom. The standard InChI is InChI=1S/C11H12FN3O2/c1-13-5-8-4-9(12)2-3-10(8)16-6-11-14-7-17-15-11/h2-4,7,13H,5-6H2,1H3. The van der Waals surface area contributed by atoms with E-state index in [0.717, 1.165) is 5.56 Å². The van der Waals surface area contributed by atoms with Crippen LogP contribution in [0.25, 0.3) is 0 Å². The van der Waals surface area contributed by atoms with Gasteiger partial charge in [-0.2, -0.15) is 4.98 Å². The van der Waals surface area contributed by atoms with E-state index in [1.54, 1.807) is 13.1 Å². The van der Waals surface area contributed by atoms with Crippen LogP contribution in [0.2, 0.25) is 0 Å². The minimum Gasteiger partial charge on any atom is -0.485 e. The van der Waals surface area contributed by atoms with Crippen LogP contribution >= 0.6 is 0 Å². The Morgan fingerprint density at radius 3 is 3.06 bits per heavy atom. The molecule has 0 amide bonds. The van der Waals surface area contributed by atoms with E-state index in [1.165, 1.54) is 18.5 Å². The van der Waals surface area contributed by atoms with Gasteiger partial charge in [-0.05, 0) is 25.2 Å². The van der Waals surface area contributed by atoms with Gasteiger partial charge in [0.2, 0.25) is 12.2 Å². The molecule has 0 aliphatic rings. The van der Waals surface area contributed by atoms with Gasteiger partial charge in [-0.25, -0.2) is 4.39 Å². The average Bonchev–Trinajstić information content (AvgIpc) is 2.81. The third-order valence-electron chi connectivity index (χ3n) is 2.15. The zero-order chi connectivity index (χ0) is 12.1. The molecule has 1 aromatic heterocycles. The highest BCUT2D eigenvalue weighted by atomic mass is 19.1. The smallest absolute Gasteiger partial charge is 0.213 e. The molecule has 0 aliphatic carbocycles. The van der Waals surface area contributed by atoms with Gasteiger partial charge in [-0.1, -0.05) is 5.16 Å². The molecule has 0 atom stereocenters. The van der Waals surface area contributed by atoms with E-state index in [4.69, 9.17) is 4.74 Å². The molecule has 17 heavy (non-hydrogen) atoms. The van der Waals surface area contributed by atoms with E-state index >= 15 is 0 Å². The maximum atomic E-state index is 13.1. The second-order valence-electron chi connectivity index (χ2n) is 3.42. The van der Waals surface area contributed by atoms with E-state index in [9.17, 15) is 4.39 Å². The summed E-state index contributed by atoms with van der Waals surface area (Å²) in [4.78, 5) is 3.83. The molecule has 0 saturated heterocycles. The van der Waals surface area contributed by atoms with Crippen LogP contribution in [0.5, 0.6) is 5.75 Å². The number of rotatable bonds is 5. The largest absolute Gasteiger partial charge is 0.485 e. The van der Waals surface area contributed by atoms with Crippen LogP contribution < -0.4 is 10.1 Å². The molecule has 5 nitrogen and oxygen atoms in total. The summed E-state index contributed by atoms with van der Waals surface area (Å²) in [5, 5.41) is 6.57. The summed E-state index contributed by atoms with van der Waals surface area (Å²) < 4.78 is 23.1. The lowest BCUT2D eigenvalue weighted by atomic mass is 10.2. The van der Waals surface area contributed by atoms with Gasteiger partial charge >= 0.3 is 0 Å². The van der Waals surface area contributed by atoms with Crippen molar-refractivity contribution < 1.29 is 13.7 Å². The minimum atomic E-state index is -0.290. The predicted molar refractivity (Wildman–Crippen MR) is 57.8 cm³/mol. The van der Waals surface area contributed by atoms with Crippen molar-refractivity contribution in [2.45, 2.75) is 13.2 Å². The predicted octanol–water partition coefficient (Wildman–Crippen LogP) is 1.51. The highest BCUT2D eigenvalue weighted by Gasteiger charge is 2.06. The van der Waals surface area contributed by atoms with Crippen LogP contribution in [0.4, 0.5) is 4.39 Å². The first kappa shape index (κ1) is 11.5. The molecule has 1 N–H and O–H groups in total. The summed E-state index contributed by atoms with van der Waals surface area (Å²) in [6.45, 7) is 0.720. The lowest BCUT2D eigenvalue weighted by Gasteiger charge is -2.09. The monoisotopic (exact) mass is 237 g/mol. The van der Waals surface area contributed by atoms with Gasteiger partial charge in [0.05, 0.1) is 0 Å². The SMILES string of the molecule is CNCc1cc(F)ccc1OCc1ncon1. The summed E-state index contributed by atoms with van der Waals surface area (Å²) in [6.07, 6.45) is 1.23. The van der Waals surface area contributed by atoms with E-state index in [2.05, 4.69) is 20.0 Å². The Bertz CT molecular complexity index is 474. The van der Waals surface area contributed by atoms with E-state index in [1.807, 2.05) is 0 Å². The summed E-state index contributed by atoms with van der Waals surface area (Å²) in [5.74, 6) is 0.762. The van der Waals surface area contributed by atoms with E-state index in [0.29, 0.717) is 18.1 Å². The molecule has 0 radical (unpaired) electrons. The molecule has 0 saturated carbocycles. The number of halogens is 1. The molecule has 0 bridgehead atoms. The zero-order valence-corrected chi connectivity index (χ0v) is 9.31. The van der Waals surface area contributed by atoms with Crippen LogP contribution in [0.3, 0.4) is 0 Å². The van der Waals surface area contributed by atoms with Gasteiger partial charge in [0.25, 0.3) is 0 Å². The van der Waals surface area contributed by atoms with Crippen LogP contribution in [0.1, 0.15) is 11.4 Å². The molecule has 2 rings (SSSR count). The van der Waals surface area contributed by atoms with Crippen molar-refractivity contribution in [3.8, 4) is 5.75 Å². The molecular weight excluding hydrogens is 225 g/mol. The Hall–Kier alpha value is -1.95. The fourth-order valence-corrected chi connectivity index (χ4v) is 1.42. The number of benzene rings is 1. The molecule has 2 aromatic rings. The van der Waals surface area contributed by atoms with Crippen molar-refractivity contribution in [3.05, 3.63) is 41.8 Å². The zero-order valence-electron chi connectivity index (χ0n) is 9.31. The first-order valence-corrected chi connectivity index (χ1v) is 5.10. The number of ether oxygens (including phenoxy) is 1. The van der Waals surface area contributed by atoms with Crippen molar-refractivity contribution in [2.75, 3.05) is 7.05 Å². The summed E-state index contributed by atoms with van der Waals surface area (Å²) in [5.41, 5.74) is 0.746. The van der Waals surface area contributed by atoms with Gasteiger partial charge in [-0.3, -0.25) is 0 Å². The molecule has 0 fully saturated rings. The number of hydrogen-bond donors (Lipinski definition) is 1. The Labute approximate surface area is 97.6 Å². The summed E-state index contributed by atoms with van der Waals surface area (Å²) in [6, 6.07) is 4.37. The highest BCUT2D eigenvalue weighted by Crippen LogP contribution is 2.20. The van der Waals surface area contributed by atoms with Crippen molar-refractivity contribution in [1.82, 2.24) is 15.5 Å². The third-order valence-corrected chi connectivity index (χ3v) is 2.15. The lowest BCUT2D eigenvalue weighted by Crippen LogP contribution is -2.08. The quantitative estimate of drug-likeness (QED) is 0.854. The second kappa shape index (κ2) is 5.40. The molecule has 90 valence electrons. The second-order valence-corrected chi connectivity index (χ2v) is 3.42. The van der Waals surface area contributed by atoms with Gasteiger partial charge in [0.15, 0.2) is 6.61 Å². The highest BCUT2D eigenvalue weighted by molar-refractivity contribution is 5.33. The van der Waals surface area contributed by atoms with Crippen molar-refractivity contribution in [1.29, 1.82) is 0 Å². The van der Waals surface area contributed by atoms with Crippen LogP contribution in [-0.2, 0) is 13.2 Å². The first-order chi connectivity index (χ1) is 8.29. The number of nitrogens with zero attached hydrogens (tertiary/aromatic N) is 2. The van der Waals surface area contributed by atoms with Crippen molar-refractivity contribution in [3.63, 3.8) is 0 Å². The van der Waals surface area contributed by atoms with Gasteiger partial charge in [-0.15, -0.1) is 0 Å². The third kappa shape index (κ3) is 3.01. The van der Waals surface area contributed by atoms with E-state index < -0.39 is 0 Å². The normalized spacial score (nSPS) is 10.5. The Balaban J connectivity index is 2.08.